The van der Waals surface area contributed by atoms with Crippen molar-refractivity contribution in [3.8, 4) is 0 Å². The second-order valence-corrected chi connectivity index (χ2v) is 1.54. The van der Waals surface area contributed by atoms with Gasteiger partial charge in [-0.15, -0.1) is 0 Å². The molecule has 0 amide bonds. The van der Waals surface area contributed by atoms with Crippen LogP contribution in [-0.4, -0.2) is 59.1 Å². The number of aryl methyl sites for hydroxylation is 1. The second kappa shape index (κ2) is 10.9. The summed E-state index contributed by atoms with van der Waals surface area (Å²) in [6.45, 7) is 0. The number of aromatic nitrogens is 1. The summed E-state index contributed by atoms with van der Waals surface area (Å²) in [4.78, 5) is 0. The van der Waals surface area contributed by atoms with Crippen LogP contribution in [0.5, 0.6) is 0 Å². The third-order valence-corrected chi connectivity index (χ3v) is 0.865. The van der Waals surface area contributed by atoms with Gasteiger partial charge in [-0.3, -0.25) is 0 Å². The number of halogens is 1. The molecule has 1 aromatic rings. The molecule has 4 heteroatoms. The molecule has 0 aliphatic rings. The van der Waals surface area contributed by atoms with E-state index in [9.17, 15) is 0 Å². The standard InChI is InChI=1S/C6H8N.HI.2Na/c1-7-5-3-2-4-6-7;;;/h2-6H,1H3;1H;;/q+1;;;/p-1. The molecule has 1 heterocycles. The van der Waals surface area contributed by atoms with Gasteiger partial charge in [-0.25, -0.2) is 4.57 Å². The zero-order valence-corrected chi connectivity index (χ0v) is 12.9. The molecule has 0 N–H and O–H groups in total. The van der Waals surface area contributed by atoms with E-state index in [1.807, 2.05) is 42.2 Å². The summed E-state index contributed by atoms with van der Waals surface area (Å²) in [5.41, 5.74) is 0. The van der Waals surface area contributed by atoms with E-state index in [0.29, 0.717) is 0 Å². The molecule has 0 unspecified atom stereocenters. The summed E-state index contributed by atoms with van der Waals surface area (Å²) >= 11 is 0. The van der Waals surface area contributed by atoms with Gasteiger partial charge in [-0.2, -0.15) is 0 Å². The molecule has 0 atom stereocenters. The Balaban J connectivity index is -0.000000163. The Labute approximate surface area is 123 Å². The molecular formula is C6H8INNa2. The predicted octanol–water partition coefficient (Wildman–Crippen LogP) is -3.25. The summed E-state index contributed by atoms with van der Waals surface area (Å²) in [6, 6.07) is 6.00. The summed E-state index contributed by atoms with van der Waals surface area (Å²) in [5, 5.41) is 0. The maximum atomic E-state index is 2.00. The van der Waals surface area contributed by atoms with Gasteiger partial charge in [-0.05, 0) is 0 Å². The molecule has 0 aromatic carbocycles. The summed E-state index contributed by atoms with van der Waals surface area (Å²) < 4.78 is 2.00. The molecule has 2 radical (unpaired) electrons. The van der Waals surface area contributed by atoms with E-state index in [0.717, 1.165) is 0 Å². The Morgan fingerprint density at radius 1 is 0.900 bits per heavy atom. The molecule has 10 heavy (non-hydrogen) atoms. The number of pyridine rings is 1. The molecule has 0 spiro atoms. The van der Waals surface area contributed by atoms with Crippen LogP contribution in [0.4, 0.5) is 0 Å². The first-order valence-corrected chi connectivity index (χ1v) is 2.30. The van der Waals surface area contributed by atoms with Gasteiger partial charge in [0.2, 0.25) is 0 Å². The Morgan fingerprint density at radius 3 is 1.50 bits per heavy atom. The van der Waals surface area contributed by atoms with Crippen molar-refractivity contribution in [2.45, 2.75) is 0 Å². The van der Waals surface area contributed by atoms with E-state index in [2.05, 4.69) is 0 Å². The molecule has 0 aliphatic heterocycles. The van der Waals surface area contributed by atoms with Gasteiger partial charge in [0, 0.05) is 71.2 Å². The predicted molar refractivity (Wildman–Crippen MR) is 39.1 cm³/mol. The Bertz CT molecular complexity index is 146. The first-order valence-electron chi connectivity index (χ1n) is 2.30. The van der Waals surface area contributed by atoms with Gasteiger partial charge >= 0.3 is 0 Å². The van der Waals surface area contributed by atoms with Crippen LogP contribution in [0.3, 0.4) is 0 Å². The first kappa shape index (κ1) is 17.8. The molecule has 0 bridgehead atoms. The topological polar surface area (TPSA) is 3.88 Å². The van der Waals surface area contributed by atoms with Crippen LogP contribution in [0.2, 0.25) is 0 Å². The normalized spacial score (nSPS) is 6.10. The Morgan fingerprint density at radius 2 is 1.30 bits per heavy atom. The number of nitrogens with zero attached hydrogens (tertiary/aromatic N) is 1. The fraction of sp³-hybridized carbons (Fsp3) is 0.167. The summed E-state index contributed by atoms with van der Waals surface area (Å²) in [6.07, 6.45) is 4.00. The first-order chi connectivity index (χ1) is 3.39. The van der Waals surface area contributed by atoms with Gasteiger partial charge in [0.25, 0.3) is 0 Å². The van der Waals surface area contributed by atoms with Crippen molar-refractivity contribution in [3.63, 3.8) is 0 Å². The van der Waals surface area contributed by atoms with Gasteiger partial charge < -0.3 is 24.0 Å². The maximum Gasteiger partial charge on any atom is 0.168 e. The largest absolute Gasteiger partial charge is 1.00 e. The maximum absolute atomic E-state index is 2.00. The van der Waals surface area contributed by atoms with Crippen LogP contribution in [0.1, 0.15) is 0 Å². The zero-order valence-electron chi connectivity index (χ0n) is 6.71. The van der Waals surface area contributed by atoms with E-state index in [4.69, 9.17) is 0 Å². The summed E-state index contributed by atoms with van der Waals surface area (Å²) in [5.74, 6) is 0. The molecule has 1 aromatic heterocycles. The quantitative estimate of drug-likeness (QED) is 0.264. The van der Waals surface area contributed by atoms with Crippen molar-refractivity contribution < 1.29 is 28.5 Å². The monoisotopic (exact) mass is 267 g/mol. The van der Waals surface area contributed by atoms with Crippen molar-refractivity contribution in [2.24, 2.45) is 7.05 Å². The number of hydrogen-bond acceptors (Lipinski definition) is 0. The van der Waals surface area contributed by atoms with Gasteiger partial charge in [0.1, 0.15) is 7.05 Å². The molecule has 0 fully saturated rings. The minimum Gasteiger partial charge on any atom is -1.00 e. The van der Waals surface area contributed by atoms with E-state index in [1.54, 1.807) is 0 Å². The van der Waals surface area contributed by atoms with Gasteiger partial charge in [0.15, 0.2) is 12.4 Å². The van der Waals surface area contributed by atoms with Crippen molar-refractivity contribution in [1.82, 2.24) is 0 Å². The smallest absolute Gasteiger partial charge is 0.168 e. The van der Waals surface area contributed by atoms with E-state index in [-0.39, 0.29) is 83.1 Å². The molecule has 0 saturated heterocycles. The van der Waals surface area contributed by atoms with Crippen LogP contribution in [0.25, 0.3) is 0 Å². The van der Waals surface area contributed by atoms with Gasteiger partial charge in [0.05, 0.1) is 0 Å². The van der Waals surface area contributed by atoms with Crippen LogP contribution >= 0.6 is 0 Å². The molecule has 1 nitrogen and oxygen atoms in total. The Kier molecular flexibility index (Phi) is 19.4. The third kappa shape index (κ3) is 7.98. The minimum atomic E-state index is 0. The van der Waals surface area contributed by atoms with Crippen LogP contribution in [0.15, 0.2) is 30.6 Å². The Hall–Kier alpha value is 1.88. The van der Waals surface area contributed by atoms with Gasteiger partial charge in [-0.1, -0.05) is 6.07 Å². The fourth-order valence-electron chi connectivity index (χ4n) is 0.485. The summed E-state index contributed by atoms with van der Waals surface area (Å²) in [7, 11) is 2.00. The van der Waals surface area contributed by atoms with E-state index >= 15 is 0 Å². The molecular weight excluding hydrogens is 259 g/mol. The van der Waals surface area contributed by atoms with Crippen LogP contribution in [-0.2, 0) is 7.05 Å². The zero-order chi connectivity index (χ0) is 5.11. The SMILES string of the molecule is C[n+]1ccccc1.[I-].[Na].[Na]. The molecule has 0 saturated carbocycles. The van der Waals surface area contributed by atoms with E-state index < -0.39 is 0 Å². The van der Waals surface area contributed by atoms with Crippen molar-refractivity contribution >= 4 is 59.1 Å². The van der Waals surface area contributed by atoms with E-state index in [1.165, 1.54) is 0 Å². The fourth-order valence-corrected chi connectivity index (χ4v) is 0.485. The molecule has 46 valence electrons. The minimum absolute atomic E-state index is 0. The van der Waals surface area contributed by atoms with Crippen molar-refractivity contribution in [1.29, 1.82) is 0 Å². The average molecular weight is 267 g/mol. The van der Waals surface area contributed by atoms with Crippen molar-refractivity contribution in [3.05, 3.63) is 30.6 Å². The number of rotatable bonds is 0. The third-order valence-electron chi connectivity index (χ3n) is 0.865. The average Bonchev–Trinajstić information content (AvgIpc) is 1.69. The van der Waals surface area contributed by atoms with Crippen LogP contribution in [0, 0.1) is 0 Å². The molecule has 0 aliphatic carbocycles. The van der Waals surface area contributed by atoms with Crippen molar-refractivity contribution in [2.75, 3.05) is 0 Å². The molecule has 1 rings (SSSR count). The second-order valence-electron chi connectivity index (χ2n) is 1.54. The van der Waals surface area contributed by atoms with Crippen LogP contribution < -0.4 is 28.5 Å². The number of hydrogen-bond donors (Lipinski definition) is 0.